The van der Waals surface area contributed by atoms with Gasteiger partial charge in [0.15, 0.2) is 0 Å². The summed E-state index contributed by atoms with van der Waals surface area (Å²) in [5.41, 5.74) is 0.0527. The Hall–Kier alpha value is -3.01. The van der Waals surface area contributed by atoms with Gasteiger partial charge in [-0.3, -0.25) is 14.5 Å². The Morgan fingerprint density at radius 1 is 1.35 bits per heavy atom. The lowest BCUT2D eigenvalue weighted by Gasteiger charge is -2.48. The fraction of sp³-hybridized carbons (Fsp3) is 0.250. The zero-order valence-corrected chi connectivity index (χ0v) is 14.1. The van der Waals surface area contributed by atoms with Gasteiger partial charge in [-0.05, 0) is 12.1 Å². The van der Waals surface area contributed by atoms with Crippen molar-refractivity contribution < 1.29 is 33.8 Å². The Morgan fingerprint density at radius 3 is 2.73 bits per heavy atom. The van der Waals surface area contributed by atoms with Crippen molar-refractivity contribution in [1.29, 1.82) is 0 Å². The molecule has 9 nitrogen and oxygen atoms in total. The summed E-state index contributed by atoms with van der Waals surface area (Å²) in [5, 5.41) is 11.3. The second-order valence-corrected chi connectivity index (χ2v) is 6.49. The van der Waals surface area contributed by atoms with Crippen molar-refractivity contribution in [1.82, 2.24) is 10.2 Å². The Balaban J connectivity index is 1.68. The van der Waals surface area contributed by atoms with Crippen LogP contribution in [0.1, 0.15) is 0 Å². The molecular weight excluding hydrogens is 364 g/mol. The van der Waals surface area contributed by atoms with E-state index in [2.05, 4.69) is 5.32 Å². The number of aliphatic carboxylic acids is 1. The smallest absolute Gasteiger partial charge is 0.477 e. The molecule has 2 aliphatic rings. The molecule has 2 amide bonds. The fourth-order valence-electron chi connectivity index (χ4n) is 2.65. The number of ether oxygens (including phenoxy) is 2. The van der Waals surface area contributed by atoms with Gasteiger partial charge in [0.05, 0.1) is 0 Å². The number of nitrogens with one attached hydrogen (secondary N) is 1. The van der Waals surface area contributed by atoms with Crippen LogP contribution in [-0.2, 0) is 19.1 Å². The number of carboxylic acid groups (broad SMARTS) is 1. The first-order valence-electron chi connectivity index (χ1n) is 7.52. The van der Waals surface area contributed by atoms with E-state index in [0.29, 0.717) is 12.2 Å². The van der Waals surface area contributed by atoms with Crippen molar-refractivity contribution in [3.63, 3.8) is 0 Å². The number of fused-ring (bicyclic) bond motifs is 1. The zero-order valence-electron chi connectivity index (χ0n) is 13.3. The highest BCUT2D eigenvalue weighted by Gasteiger charge is 2.53. The second kappa shape index (κ2) is 7.48. The van der Waals surface area contributed by atoms with Crippen LogP contribution in [0.3, 0.4) is 0 Å². The van der Waals surface area contributed by atoms with Crippen LogP contribution in [0.15, 0.2) is 41.6 Å². The largest absolute Gasteiger partial charge is 0.514 e. The third-order valence-electron chi connectivity index (χ3n) is 3.81. The van der Waals surface area contributed by atoms with Gasteiger partial charge in [0, 0.05) is 11.3 Å². The number of nitrogens with zero attached hydrogens (tertiary/aromatic N) is 1. The molecule has 0 spiro atoms. The van der Waals surface area contributed by atoms with Crippen molar-refractivity contribution in [3.05, 3.63) is 41.6 Å². The molecule has 0 aromatic heterocycles. The molecule has 3 rings (SSSR count). The van der Waals surface area contributed by atoms with E-state index in [9.17, 15) is 24.3 Å². The van der Waals surface area contributed by atoms with Gasteiger partial charge < -0.3 is 19.9 Å². The van der Waals surface area contributed by atoms with E-state index in [0.717, 1.165) is 4.90 Å². The first kappa shape index (κ1) is 17.8. The molecule has 0 bridgehead atoms. The molecule has 1 fully saturated rings. The van der Waals surface area contributed by atoms with Crippen molar-refractivity contribution in [2.75, 3.05) is 12.4 Å². The van der Waals surface area contributed by atoms with Crippen molar-refractivity contribution >= 4 is 36.2 Å². The van der Waals surface area contributed by atoms with E-state index in [1.807, 2.05) is 0 Å². The number of para-hydroxylation sites is 1. The fourth-order valence-corrected chi connectivity index (χ4v) is 3.99. The lowest BCUT2D eigenvalue weighted by Crippen LogP contribution is -2.69. The van der Waals surface area contributed by atoms with Crippen LogP contribution in [0.5, 0.6) is 5.75 Å². The topological polar surface area (TPSA) is 122 Å². The summed E-state index contributed by atoms with van der Waals surface area (Å²) in [4.78, 5) is 47.0. The molecule has 136 valence electrons. The average Bonchev–Trinajstić information content (AvgIpc) is 2.64. The highest BCUT2D eigenvalue weighted by molar-refractivity contribution is 8.00. The zero-order chi connectivity index (χ0) is 18.7. The molecule has 0 radical (unpaired) electrons. The minimum Gasteiger partial charge on any atom is -0.477 e. The summed E-state index contributed by atoms with van der Waals surface area (Å²) in [5.74, 6) is -1.28. The molecule has 0 saturated carbocycles. The number of β-lactam (4-membered cyclic amide) rings is 1. The summed E-state index contributed by atoms with van der Waals surface area (Å²) < 4.78 is 9.94. The SMILES string of the molecule is O=CNC1C(=O)N2C(C(=O)O)=C(COC(=O)Oc3ccccc3)CS[C@H]12. The van der Waals surface area contributed by atoms with Crippen LogP contribution in [-0.4, -0.2) is 58.2 Å². The van der Waals surface area contributed by atoms with Crippen molar-refractivity contribution in [2.45, 2.75) is 11.4 Å². The van der Waals surface area contributed by atoms with Gasteiger partial charge in [-0.15, -0.1) is 11.8 Å². The third kappa shape index (κ3) is 3.36. The molecule has 2 heterocycles. The molecular formula is C16H14N2O7S. The maximum atomic E-state index is 12.1. The van der Waals surface area contributed by atoms with Gasteiger partial charge in [0.2, 0.25) is 6.41 Å². The summed E-state index contributed by atoms with van der Waals surface area (Å²) >= 11 is 1.28. The quantitative estimate of drug-likeness (QED) is 0.319. The molecule has 2 atom stereocenters. The van der Waals surface area contributed by atoms with Gasteiger partial charge in [-0.1, -0.05) is 18.2 Å². The molecule has 1 saturated heterocycles. The normalized spacial score (nSPS) is 21.4. The van der Waals surface area contributed by atoms with Gasteiger partial charge >= 0.3 is 12.1 Å². The monoisotopic (exact) mass is 378 g/mol. The number of thioether (sulfide) groups is 1. The van der Waals surface area contributed by atoms with Gasteiger partial charge in [-0.2, -0.15) is 0 Å². The number of rotatable bonds is 6. The van der Waals surface area contributed by atoms with E-state index >= 15 is 0 Å². The number of hydrogen-bond acceptors (Lipinski definition) is 7. The van der Waals surface area contributed by atoms with Crippen LogP contribution in [0.25, 0.3) is 0 Å². The van der Waals surface area contributed by atoms with E-state index in [4.69, 9.17) is 9.47 Å². The number of amides is 2. The highest BCUT2D eigenvalue weighted by Crippen LogP contribution is 2.40. The first-order chi connectivity index (χ1) is 12.5. The predicted molar refractivity (Wildman–Crippen MR) is 89.2 cm³/mol. The molecule has 1 aromatic carbocycles. The minimum atomic E-state index is -1.30. The van der Waals surface area contributed by atoms with Crippen LogP contribution < -0.4 is 10.1 Å². The van der Waals surface area contributed by atoms with Crippen LogP contribution in [0.2, 0.25) is 0 Å². The Kier molecular flexibility index (Phi) is 5.12. The summed E-state index contributed by atoms with van der Waals surface area (Å²) in [6.45, 7) is -0.317. The summed E-state index contributed by atoms with van der Waals surface area (Å²) in [6.07, 6.45) is -0.570. The Labute approximate surface area is 151 Å². The van der Waals surface area contributed by atoms with Gasteiger partial charge in [-0.25, -0.2) is 9.59 Å². The number of carboxylic acids is 1. The van der Waals surface area contributed by atoms with E-state index in [1.165, 1.54) is 11.8 Å². The Bertz CT molecular complexity index is 780. The minimum absolute atomic E-state index is 0.227. The maximum absolute atomic E-state index is 12.1. The highest BCUT2D eigenvalue weighted by atomic mass is 32.2. The number of carbonyl (C=O) groups is 4. The van der Waals surface area contributed by atoms with Gasteiger partial charge in [0.1, 0.15) is 29.5 Å². The summed E-state index contributed by atoms with van der Waals surface area (Å²) in [7, 11) is 0. The summed E-state index contributed by atoms with van der Waals surface area (Å²) in [6, 6.07) is 7.52. The lowest BCUT2D eigenvalue weighted by atomic mass is 10.0. The van der Waals surface area contributed by atoms with E-state index in [1.54, 1.807) is 30.3 Å². The molecule has 26 heavy (non-hydrogen) atoms. The maximum Gasteiger partial charge on any atom is 0.514 e. The van der Waals surface area contributed by atoms with Gasteiger partial charge in [0.25, 0.3) is 5.91 Å². The van der Waals surface area contributed by atoms with Crippen molar-refractivity contribution in [3.8, 4) is 5.75 Å². The standard InChI is InChI=1S/C16H14N2O7S/c19-8-17-11-13(20)18-12(15(21)22)9(7-26-14(11)18)6-24-16(23)25-10-4-2-1-3-5-10/h1-5,8,11,14H,6-7H2,(H,17,19)(H,21,22)/t11?,14-/m1/s1. The van der Waals surface area contributed by atoms with Crippen LogP contribution in [0.4, 0.5) is 4.79 Å². The van der Waals surface area contributed by atoms with E-state index < -0.39 is 29.4 Å². The number of carbonyl (C=O) groups excluding carboxylic acids is 3. The van der Waals surface area contributed by atoms with Crippen LogP contribution >= 0.6 is 11.8 Å². The lowest BCUT2D eigenvalue weighted by molar-refractivity contribution is -0.149. The van der Waals surface area contributed by atoms with Crippen LogP contribution in [0, 0.1) is 0 Å². The Morgan fingerprint density at radius 2 is 2.08 bits per heavy atom. The first-order valence-corrected chi connectivity index (χ1v) is 8.57. The number of hydrogen-bond donors (Lipinski definition) is 2. The average molecular weight is 378 g/mol. The predicted octanol–water partition coefficient (Wildman–Crippen LogP) is 0.570. The van der Waals surface area contributed by atoms with Crippen molar-refractivity contribution in [2.24, 2.45) is 0 Å². The molecule has 0 aliphatic carbocycles. The molecule has 10 heteroatoms. The second-order valence-electron chi connectivity index (χ2n) is 5.38. The molecule has 2 N–H and O–H groups in total. The third-order valence-corrected chi connectivity index (χ3v) is 5.15. The molecule has 2 aliphatic heterocycles. The number of benzene rings is 1. The molecule has 1 unspecified atom stereocenters. The van der Waals surface area contributed by atoms with E-state index in [-0.39, 0.29) is 23.6 Å². The molecule has 1 aromatic rings.